The Morgan fingerprint density at radius 1 is 1.55 bits per heavy atom. The zero-order chi connectivity index (χ0) is 15.7. The lowest BCUT2D eigenvalue weighted by atomic mass is 10.2. The molecule has 2 aromatic rings. The van der Waals surface area contributed by atoms with Crippen molar-refractivity contribution in [1.29, 1.82) is 0 Å². The summed E-state index contributed by atoms with van der Waals surface area (Å²) < 4.78 is 5.71. The number of aromatic amines is 2. The molecule has 2 aromatic heterocycles. The Kier molecular flexibility index (Phi) is 4.17. The van der Waals surface area contributed by atoms with E-state index in [2.05, 4.69) is 20.2 Å². The van der Waals surface area contributed by atoms with Gasteiger partial charge >= 0.3 is 0 Å². The van der Waals surface area contributed by atoms with Crippen LogP contribution in [-0.4, -0.2) is 50.7 Å². The van der Waals surface area contributed by atoms with E-state index in [1.54, 1.807) is 17.2 Å². The fourth-order valence-electron chi connectivity index (χ4n) is 2.35. The Morgan fingerprint density at radius 3 is 3.00 bits per heavy atom. The smallest absolute Gasteiger partial charge is 0.270 e. The summed E-state index contributed by atoms with van der Waals surface area (Å²) in [4.78, 5) is 21.5. The van der Waals surface area contributed by atoms with Crippen molar-refractivity contribution < 1.29 is 9.53 Å². The topological polar surface area (TPSA) is 86.9 Å². The van der Waals surface area contributed by atoms with Gasteiger partial charge in [0.05, 0.1) is 18.2 Å². The number of morpholine rings is 1. The molecular weight excluding hydrogens is 306 g/mol. The highest BCUT2D eigenvalue weighted by molar-refractivity contribution is 6.30. The van der Waals surface area contributed by atoms with Crippen LogP contribution in [0, 0.1) is 0 Å². The molecule has 1 aliphatic heterocycles. The Bertz CT molecular complexity index is 666. The molecule has 8 heteroatoms. The van der Waals surface area contributed by atoms with E-state index < -0.39 is 0 Å². The molecule has 1 fully saturated rings. The first kappa shape index (κ1) is 15.1. The van der Waals surface area contributed by atoms with Crippen LogP contribution in [0.3, 0.4) is 0 Å². The zero-order valence-electron chi connectivity index (χ0n) is 12.5. The molecule has 3 rings (SSSR count). The fourth-order valence-corrected chi connectivity index (χ4v) is 2.51. The van der Waals surface area contributed by atoms with Crippen LogP contribution >= 0.6 is 11.6 Å². The van der Waals surface area contributed by atoms with Gasteiger partial charge in [0.25, 0.3) is 5.91 Å². The average molecular weight is 324 g/mol. The fraction of sp³-hybridized carbons (Fsp3) is 0.500. The number of hydrogen-bond donors (Lipinski definition) is 2. The number of rotatable bonds is 3. The SMILES string of the molecule is CC(C)c1n[nH]c([C@@H]2CN(C(=O)c3cc(Cl)c[nH]3)CCO2)n1. The van der Waals surface area contributed by atoms with Gasteiger partial charge in [0, 0.05) is 18.7 Å². The van der Waals surface area contributed by atoms with Crippen LogP contribution in [0.4, 0.5) is 0 Å². The van der Waals surface area contributed by atoms with Gasteiger partial charge in [0.15, 0.2) is 11.6 Å². The number of carbonyl (C=O) groups excluding carboxylic acids is 1. The average Bonchev–Trinajstić information content (AvgIpc) is 3.15. The van der Waals surface area contributed by atoms with Crippen LogP contribution in [0.2, 0.25) is 5.02 Å². The number of amides is 1. The minimum atomic E-state index is -0.289. The van der Waals surface area contributed by atoms with Crippen molar-refractivity contribution >= 4 is 17.5 Å². The highest BCUT2D eigenvalue weighted by Crippen LogP contribution is 2.22. The van der Waals surface area contributed by atoms with E-state index in [1.807, 2.05) is 13.8 Å². The van der Waals surface area contributed by atoms with Gasteiger partial charge in [-0.25, -0.2) is 4.98 Å². The third-order valence-electron chi connectivity index (χ3n) is 3.57. The van der Waals surface area contributed by atoms with Gasteiger partial charge in [-0.3, -0.25) is 9.89 Å². The summed E-state index contributed by atoms with van der Waals surface area (Å²) in [6.45, 7) is 5.49. The number of nitrogens with zero attached hydrogens (tertiary/aromatic N) is 3. The van der Waals surface area contributed by atoms with E-state index in [9.17, 15) is 4.79 Å². The molecule has 1 atom stereocenters. The summed E-state index contributed by atoms with van der Waals surface area (Å²) in [5, 5.41) is 7.60. The van der Waals surface area contributed by atoms with Crippen molar-refractivity contribution in [3.05, 3.63) is 34.6 Å². The van der Waals surface area contributed by atoms with Gasteiger partial charge in [-0.15, -0.1) is 0 Å². The molecular formula is C14H18ClN5O2. The number of hydrogen-bond acceptors (Lipinski definition) is 4. The van der Waals surface area contributed by atoms with Crippen molar-refractivity contribution in [2.45, 2.75) is 25.9 Å². The number of carbonyl (C=O) groups is 1. The van der Waals surface area contributed by atoms with Crippen molar-refractivity contribution in [1.82, 2.24) is 25.1 Å². The van der Waals surface area contributed by atoms with E-state index >= 15 is 0 Å². The Labute approximate surface area is 133 Å². The molecule has 118 valence electrons. The Hall–Kier alpha value is -1.86. The highest BCUT2D eigenvalue weighted by Gasteiger charge is 2.29. The molecule has 0 aliphatic carbocycles. The van der Waals surface area contributed by atoms with Crippen LogP contribution in [0.15, 0.2) is 12.3 Å². The molecule has 0 spiro atoms. The summed E-state index contributed by atoms with van der Waals surface area (Å²) in [5.74, 6) is 1.56. The maximum Gasteiger partial charge on any atom is 0.270 e. The summed E-state index contributed by atoms with van der Waals surface area (Å²) in [6.07, 6.45) is 1.31. The third kappa shape index (κ3) is 3.00. The molecule has 22 heavy (non-hydrogen) atoms. The first-order valence-corrected chi connectivity index (χ1v) is 7.59. The monoisotopic (exact) mass is 323 g/mol. The molecule has 3 heterocycles. The van der Waals surface area contributed by atoms with Crippen LogP contribution < -0.4 is 0 Å². The van der Waals surface area contributed by atoms with E-state index in [4.69, 9.17) is 16.3 Å². The lowest BCUT2D eigenvalue weighted by molar-refractivity contribution is -0.0268. The van der Waals surface area contributed by atoms with Gasteiger partial charge in [0.1, 0.15) is 11.8 Å². The predicted octanol–water partition coefficient (Wildman–Crippen LogP) is 2.12. The minimum absolute atomic E-state index is 0.0937. The first-order chi connectivity index (χ1) is 10.5. The van der Waals surface area contributed by atoms with Crippen LogP contribution in [0.1, 0.15) is 48.0 Å². The second-order valence-corrected chi connectivity index (χ2v) is 6.01. The number of aromatic nitrogens is 4. The molecule has 1 aliphatic rings. The summed E-state index contributed by atoms with van der Waals surface area (Å²) in [7, 11) is 0. The van der Waals surface area contributed by atoms with Gasteiger partial charge in [-0.05, 0) is 6.07 Å². The normalized spacial score (nSPS) is 18.9. The number of H-pyrrole nitrogens is 2. The zero-order valence-corrected chi connectivity index (χ0v) is 13.2. The molecule has 1 amide bonds. The van der Waals surface area contributed by atoms with Crippen molar-refractivity contribution in [3.63, 3.8) is 0 Å². The molecule has 0 aromatic carbocycles. The second-order valence-electron chi connectivity index (χ2n) is 5.58. The maximum absolute atomic E-state index is 12.4. The van der Waals surface area contributed by atoms with E-state index in [-0.39, 0.29) is 17.9 Å². The van der Waals surface area contributed by atoms with Crippen LogP contribution in [0.25, 0.3) is 0 Å². The molecule has 1 saturated heterocycles. The van der Waals surface area contributed by atoms with Gasteiger partial charge in [-0.2, -0.15) is 5.10 Å². The Morgan fingerprint density at radius 2 is 2.36 bits per heavy atom. The van der Waals surface area contributed by atoms with E-state index in [0.717, 1.165) is 5.82 Å². The Balaban J connectivity index is 1.72. The van der Waals surface area contributed by atoms with Crippen molar-refractivity contribution in [2.24, 2.45) is 0 Å². The van der Waals surface area contributed by atoms with Gasteiger partial charge in [0.2, 0.25) is 0 Å². The van der Waals surface area contributed by atoms with Crippen LogP contribution in [-0.2, 0) is 4.74 Å². The van der Waals surface area contributed by atoms with Crippen molar-refractivity contribution in [3.8, 4) is 0 Å². The third-order valence-corrected chi connectivity index (χ3v) is 3.79. The lowest BCUT2D eigenvalue weighted by Crippen LogP contribution is -2.42. The molecule has 7 nitrogen and oxygen atoms in total. The molecule has 0 bridgehead atoms. The van der Waals surface area contributed by atoms with Crippen molar-refractivity contribution in [2.75, 3.05) is 19.7 Å². The summed E-state index contributed by atoms with van der Waals surface area (Å²) in [6, 6.07) is 1.62. The lowest BCUT2D eigenvalue weighted by Gasteiger charge is -2.31. The summed E-state index contributed by atoms with van der Waals surface area (Å²) in [5.41, 5.74) is 0.478. The molecule has 0 radical (unpaired) electrons. The quantitative estimate of drug-likeness (QED) is 0.905. The predicted molar refractivity (Wildman–Crippen MR) is 80.9 cm³/mol. The molecule has 2 N–H and O–H groups in total. The molecule has 0 unspecified atom stereocenters. The standard InChI is InChI=1S/C14H18ClN5O2/c1-8(2)12-17-13(19-18-12)11-7-20(3-4-22-11)14(21)10-5-9(15)6-16-10/h5-6,8,11,16H,3-4,7H2,1-2H3,(H,17,18,19)/t11-/m0/s1. The second kappa shape index (κ2) is 6.10. The van der Waals surface area contributed by atoms with Gasteiger partial charge in [-0.1, -0.05) is 25.4 Å². The number of nitrogens with one attached hydrogen (secondary N) is 2. The highest BCUT2D eigenvalue weighted by atomic mass is 35.5. The number of halogens is 1. The first-order valence-electron chi connectivity index (χ1n) is 7.21. The minimum Gasteiger partial charge on any atom is -0.367 e. The van der Waals surface area contributed by atoms with Gasteiger partial charge < -0.3 is 14.6 Å². The van der Waals surface area contributed by atoms with E-state index in [1.165, 1.54) is 0 Å². The summed E-state index contributed by atoms with van der Waals surface area (Å²) >= 11 is 5.85. The maximum atomic E-state index is 12.4. The molecule has 0 saturated carbocycles. The van der Waals surface area contributed by atoms with E-state index in [0.29, 0.717) is 36.2 Å². The largest absolute Gasteiger partial charge is 0.367 e. The number of ether oxygens (including phenoxy) is 1. The van der Waals surface area contributed by atoms with Crippen LogP contribution in [0.5, 0.6) is 0 Å².